The molecule has 0 spiro atoms. The average Bonchev–Trinajstić information content (AvgIpc) is 3.19. The fourth-order valence-electron chi connectivity index (χ4n) is 3.10. The molecule has 1 aliphatic rings. The summed E-state index contributed by atoms with van der Waals surface area (Å²) in [6, 6.07) is 14.2. The Hall–Kier alpha value is -4.17. The van der Waals surface area contributed by atoms with Gasteiger partial charge in [0.2, 0.25) is 0 Å². The van der Waals surface area contributed by atoms with Gasteiger partial charge in [-0.05, 0) is 36.4 Å². The van der Waals surface area contributed by atoms with Gasteiger partial charge in [-0.1, -0.05) is 41.9 Å². The summed E-state index contributed by atoms with van der Waals surface area (Å²) in [7, 11) is 0. The highest BCUT2D eigenvalue weighted by Crippen LogP contribution is 2.28. The molecule has 0 radical (unpaired) electrons. The molecule has 0 aliphatic carbocycles. The van der Waals surface area contributed by atoms with Gasteiger partial charge in [0.15, 0.2) is 0 Å². The Balaban J connectivity index is 1.70. The number of nitrogens with zero attached hydrogens (tertiary/aromatic N) is 1. The van der Waals surface area contributed by atoms with E-state index in [1.807, 2.05) is 0 Å². The van der Waals surface area contributed by atoms with Gasteiger partial charge < -0.3 is 14.3 Å². The predicted molar refractivity (Wildman–Crippen MR) is 109 cm³/mol. The van der Waals surface area contributed by atoms with Crippen LogP contribution in [0, 0.1) is 0 Å². The zero-order valence-electron chi connectivity index (χ0n) is 15.6. The van der Waals surface area contributed by atoms with Gasteiger partial charge in [-0.3, -0.25) is 14.9 Å². The molecule has 154 valence electrons. The molecule has 2 heterocycles. The van der Waals surface area contributed by atoms with Crippen LogP contribution in [0.2, 0.25) is 5.02 Å². The molecule has 1 N–H and O–H groups in total. The number of halogens is 1. The van der Waals surface area contributed by atoms with Crippen molar-refractivity contribution in [2.45, 2.75) is 0 Å². The third-order valence-electron chi connectivity index (χ3n) is 4.49. The summed E-state index contributed by atoms with van der Waals surface area (Å²) in [6.07, 6.45) is 1.17. The van der Waals surface area contributed by atoms with Gasteiger partial charge in [-0.25, -0.2) is 9.69 Å². The maximum absolute atomic E-state index is 12.9. The van der Waals surface area contributed by atoms with Crippen LogP contribution in [0.15, 0.2) is 70.7 Å². The molecule has 8 nitrogen and oxygen atoms in total. The van der Waals surface area contributed by atoms with Crippen molar-refractivity contribution in [2.75, 3.05) is 4.90 Å². The van der Waals surface area contributed by atoms with E-state index in [-0.39, 0.29) is 33.9 Å². The first-order chi connectivity index (χ1) is 14.8. The molecular formula is C22H12ClN2O6-. The number of carbonyl (C=O) groups excluding carboxylic acids is 4. The van der Waals surface area contributed by atoms with E-state index in [1.54, 1.807) is 30.3 Å². The minimum absolute atomic E-state index is 0.0692. The molecule has 0 atom stereocenters. The lowest BCUT2D eigenvalue weighted by Gasteiger charge is -2.26. The Labute approximate surface area is 180 Å². The van der Waals surface area contributed by atoms with Crippen molar-refractivity contribution in [3.05, 3.63) is 82.6 Å². The molecule has 1 fully saturated rings. The second-order valence-corrected chi connectivity index (χ2v) is 6.91. The van der Waals surface area contributed by atoms with Gasteiger partial charge in [0.1, 0.15) is 17.1 Å². The maximum Gasteiger partial charge on any atom is 0.335 e. The number of carbonyl (C=O) groups is 4. The molecule has 31 heavy (non-hydrogen) atoms. The number of hydrogen-bond acceptors (Lipinski definition) is 6. The second-order valence-electron chi connectivity index (χ2n) is 6.47. The van der Waals surface area contributed by atoms with E-state index in [9.17, 15) is 24.3 Å². The lowest BCUT2D eigenvalue weighted by atomic mass is 10.1. The van der Waals surface area contributed by atoms with Crippen LogP contribution in [0.25, 0.3) is 17.4 Å². The largest absolute Gasteiger partial charge is 0.545 e. The Morgan fingerprint density at radius 2 is 1.81 bits per heavy atom. The van der Waals surface area contributed by atoms with Crippen molar-refractivity contribution >= 4 is 47.2 Å². The number of hydrogen-bond donors (Lipinski definition) is 1. The number of furan rings is 1. The SMILES string of the molecule is O=C1NC(=O)N(c2cccc(Cl)c2)C(=O)/C1=C\c1ccc(-c2ccccc2C(=O)[O-])o1. The summed E-state index contributed by atoms with van der Waals surface area (Å²) in [5, 5.41) is 13.7. The number of rotatable bonds is 4. The summed E-state index contributed by atoms with van der Waals surface area (Å²) < 4.78 is 5.62. The van der Waals surface area contributed by atoms with Gasteiger partial charge in [-0.15, -0.1) is 0 Å². The van der Waals surface area contributed by atoms with E-state index in [0.717, 1.165) is 4.90 Å². The van der Waals surface area contributed by atoms with Crippen LogP contribution in [0.3, 0.4) is 0 Å². The Morgan fingerprint density at radius 3 is 2.55 bits per heavy atom. The van der Waals surface area contributed by atoms with Crippen LogP contribution in [0.5, 0.6) is 0 Å². The van der Waals surface area contributed by atoms with Crippen LogP contribution in [0.1, 0.15) is 16.1 Å². The number of benzene rings is 2. The minimum Gasteiger partial charge on any atom is -0.545 e. The minimum atomic E-state index is -1.37. The average molecular weight is 436 g/mol. The number of nitrogens with one attached hydrogen (secondary N) is 1. The van der Waals surface area contributed by atoms with Crippen molar-refractivity contribution in [3.63, 3.8) is 0 Å². The van der Waals surface area contributed by atoms with Crippen molar-refractivity contribution < 1.29 is 28.7 Å². The molecule has 9 heteroatoms. The van der Waals surface area contributed by atoms with Crippen molar-refractivity contribution in [2.24, 2.45) is 0 Å². The van der Waals surface area contributed by atoms with E-state index >= 15 is 0 Å². The zero-order chi connectivity index (χ0) is 22.1. The van der Waals surface area contributed by atoms with Crippen LogP contribution >= 0.6 is 11.6 Å². The Kier molecular flexibility index (Phi) is 5.14. The van der Waals surface area contributed by atoms with Gasteiger partial charge in [-0.2, -0.15) is 0 Å². The number of aromatic carboxylic acids is 1. The number of anilines is 1. The molecular weight excluding hydrogens is 424 g/mol. The summed E-state index contributed by atoms with van der Waals surface area (Å²) >= 11 is 5.94. The Bertz CT molecular complexity index is 1280. The smallest absolute Gasteiger partial charge is 0.335 e. The van der Waals surface area contributed by atoms with Crippen molar-refractivity contribution in [3.8, 4) is 11.3 Å². The third-order valence-corrected chi connectivity index (χ3v) is 4.73. The van der Waals surface area contributed by atoms with Gasteiger partial charge in [0.05, 0.1) is 11.7 Å². The molecule has 0 saturated carbocycles. The maximum atomic E-state index is 12.9. The van der Waals surface area contributed by atoms with Crippen molar-refractivity contribution in [1.82, 2.24) is 5.32 Å². The van der Waals surface area contributed by atoms with E-state index in [4.69, 9.17) is 16.0 Å². The van der Waals surface area contributed by atoms with Crippen LogP contribution < -0.4 is 15.3 Å². The van der Waals surface area contributed by atoms with Crippen molar-refractivity contribution in [1.29, 1.82) is 0 Å². The highest BCUT2D eigenvalue weighted by atomic mass is 35.5. The van der Waals surface area contributed by atoms with E-state index < -0.39 is 23.8 Å². The zero-order valence-corrected chi connectivity index (χ0v) is 16.4. The topological polar surface area (TPSA) is 120 Å². The van der Waals surface area contributed by atoms with E-state index in [0.29, 0.717) is 5.02 Å². The van der Waals surface area contributed by atoms with Gasteiger partial charge in [0.25, 0.3) is 11.8 Å². The molecule has 4 amide bonds. The van der Waals surface area contributed by atoms with Crippen LogP contribution in [-0.4, -0.2) is 23.8 Å². The summed E-state index contributed by atoms with van der Waals surface area (Å²) in [5.41, 5.74) is 0.0626. The standard InChI is InChI=1S/C22H13ClN2O6/c23-12-4-3-5-13(10-12)25-20(27)17(19(26)24-22(25)30)11-14-8-9-18(31-14)15-6-1-2-7-16(15)21(28)29/h1-11H,(H,28,29)(H,24,26,30)/p-1/b17-11-. The molecule has 3 aromatic rings. The van der Waals surface area contributed by atoms with Crippen LogP contribution in [-0.2, 0) is 9.59 Å². The molecule has 4 rings (SSSR count). The fraction of sp³-hybridized carbons (Fsp3) is 0. The number of barbiturate groups is 1. The molecule has 1 saturated heterocycles. The summed E-state index contributed by atoms with van der Waals surface area (Å²) in [4.78, 5) is 49.5. The number of imide groups is 2. The highest BCUT2D eigenvalue weighted by molar-refractivity contribution is 6.39. The molecule has 1 aromatic heterocycles. The first kappa shape index (κ1) is 20.1. The molecule has 0 unspecified atom stereocenters. The molecule has 2 aromatic carbocycles. The van der Waals surface area contributed by atoms with E-state index in [1.165, 1.54) is 36.4 Å². The third kappa shape index (κ3) is 3.84. The highest BCUT2D eigenvalue weighted by Gasteiger charge is 2.37. The molecule has 1 aliphatic heterocycles. The number of amides is 4. The quantitative estimate of drug-likeness (QED) is 0.497. The first-order valence-corrected chi connectivity index (χ1v) is 9.30. The predicted octanol–water partition coefficient (Wildman–Crippen LogP) is 2.63. The van der Waals surface area contributed by atoms with Gasteiger partial charge >= 0.3 is 6.03 Å². The second kappa shape index (κ2) is 7.92. The lowest BCUT2D eigenvalue weighted by Crippen LogP contribution is -2.54. The first-order valence-electron chi connectivity index (χ1n) is 8.93. The van der Waals surface area contributed by atoms with Gasteiger partial charge in [0, 0.05) is 16.1 Å². The van der Waals surface area contributed by atoms with Crippen LogP contribution in [0.4, 0.5) is 10.5 Å². The number of carboxylic acid groups (broad SMARTS) is 1. The number of carboxylic acids is 1. The summed E-state index contributed by atoms with van der Waals surface area (Å²) in [5.74, 6) is -2.80. The summed E-state index contributed by atoms with van der Waals surface area (Å²) in [6.45, 7) is 0. The number of urea groups is 1. The monoisotopic (exact) mass is 435 g/mol. The normalized spacial score (nSPS) is 15.3. The van der Waals surface area contributed by atoms with E-state index in [2.05, 4.69) is 5.32 Å². The lowest BCUT2D eigenvalue weighted by molar-refractivity contribution is -0.255. The Morgan fingerprint density at radius 1 is 1.03 bits per heavy atom. The fourth-order valence-corrected chi connectivity index (χ4v) is 3.29. The molecule has 0 bridgehead atoms.